The van der Waals surface area contributed by atoms with Gasteiger partial charge in [-0.2, -0.15) is 0 Å². The van der Waals surface area contributed by atoms with Gasteiger partial charge in [0.05, 0.1) is 17.3 Å². The monoisotopic (exact) mass is 389 g/mol. The maximum Gasteiger partial charge on any atom is 0.221 e. The van der Waals surface area contributed by atoms with Gasteiger partial charge in [0.25, 0.3) is 0 Å². The molecule has 0 atom stereocenters. The molecule has 146 valence electrons. The predicted molar refractivity (Wildman–Crippen MR) is 107 cm³/mol. The van der Waals surface area contributed by atoms with E-state index >= 15 is 0 Å². The zero-order valence-electron chi connectivity index (χ0n) is 16.1. The van der Waals surface area contributed by atoms with Gasteiger partial charge in [0, 0.05) is 13.0 Å². The molecule has 6 heteroatoms. The third kappa shape index (κ3) is 6.40. The summed E-state index contributed by atoms with van der Waals surface area (Å²) >= 11 is 0. The largest absolute Gasteiger partial charge is 0.493 e. The lowest BCUT2D eigenvalue weighted by atomic mass is 10.1. The number of hydrogen-bond donors (Lipinski definition) is 1. The summed E-state index contributed by atoms with van der Waals surface area (Å²) < 4.78 is 30.1. The second kappa shape index (κ2) is 9.55. The van der Waals surface area contributed by atoms with Crippen molar-refractivity contribution in [2.75, 3.05) is 18.9 Å². The molecule has 0 radical (unpaired) electrons. The molecule has 1 amide bonds. The highest BCUT2D eigenvalue weighted by molar-refractivity contribution is 7.91. The molecule has 0 saturated heterocycles. The Balaban J connectivity index is 1.70. The van der Waals surface area contributed by atoms with Crippen LogP contribution in [0.3, 0.4) is 0 Å². The Morgan fingerprint density at radius 3 is 2.48 bits per heavy atom. The molecule has 0 fully saturated rings. The van der Waals surface area contributed by atoms with Crippen molar-refractivity contribution in [3.63, 3.8) is 0 Å². The number of benzene rings is 2. The summed E-state index contributed by atoms with van der Waals surface area (Å²) in [5.74, 6) is 0.408. The number of amides is 1. The van der Waals surface area contributed by atoms with E-state index in [2.05, 4.69) is 18.3 Å². The highest BCUT2D eigenvalue weighted by Crippen LogP contribution is 2.23. The molecule has 0 saturated carbocycles. The van der Waals surface area contributed by atoms with E-state index in [4.69, 9.17) is 4.74 Å². The van der Waals surface area contributed by atoms with Crippen LogP contribution in [0.1, 0.15) is 29.5 Å². The summed E-state index contributed by atoms with van der Waals surface area (Å²) in [7, 11) is -3.43. The van der Waals surface area contributed by atoms with E-state index in [0.29, 0.717) is 19.6 Å². The maximum absolute atomic E-state index is 12.2. The third-order valence-electron chi connectivity index (χ3n) is 4.37. The fourth-order valence-electron chi connectivity index (χ4n) is 2.69. The van der Waals surface area contributed by atoms with Gasteiger partial charge in [-0.25, -0.2) is 8.42 Å². The van der Waals surface area contributed by atoms with Gasteiger partial charge in [-0.1, -0.05) is 24.3 Å². The number of sulfone groups is 1. The number of ether oxygens (including phenoxy) is 1. The van der Waals surface area contributed by atoms with Crippen molar-refractivity contribution in [2.24, 2.45) is 0 Å². The van der Waals surface area contributed by atoms with Crippen molar-refractivity contribution in [1.29, 1.82) is 0 Å². The van der Waals surface area contributed by atoms with E-state index in [-0.39, 0.29) is 23.0 Å². The molecule has 2 aromatic carbocycles. The van der Waals surface area contributed by atoms with Crippen molar-refractivity contribution < 1.29 is 17.9 Å². The molecule has 2 aromatic rings. The van der Waals surface area contributed by atoms with Gasteiger partial charge in [0.1, 0.15) is 5.75 Å². The fourth-order valence-corrected chi connectivity index (χ4v) is 3.96. The van der Waals surface area contributed by atoms with Gasteiger partial charge in [0.15, 0.2) is 9.84 Å². The standard InChI is InChI=1S/C21H27NO4S/c1-16-14-17(2)18(3)20(15-16)26-12-7-11-22-21(23)10-13-27(24,25)19-8-5-4-6-9-19/h4-6,8-9,14-15H,7,10-13H2,1-3H3,(H,22,23). The summed E-state index contributed by atoms with van der Waals surface area (Å²) in [6, 6.07) is 12.3. The lowest BCUT2D eigenvalue weighted by Gasteiger charge is -2.12. The molecule has 1 N–H and O–H groups in total. The van der Waals surface area contributed by atoms with Crippen LogP contribution in [0.2, 0.25) is 0 Å². The lowest BCUT2D eigenvalue weighted by molar-refractivity contribution is -0.120. The topological polar surface area (TPSA) is 72.5 Å². The maximum atomic E-state index is 12.2. The second-order valence-corrected chi connectivity index (χ2v) is 8.75. The molecule has 0 aliphatic heterocycles. The minimum absolute atomic E-state index is 0.0474. The molecule has 0 heterocycles. The van der Waals surface area contributed by atoms with Crippen LogP contribution in [0.4, 0.5) is 0 Å². The van der Waals surface area contributed by atoms with Crippen molar-refractivity contribution in [3.8, 4) is 5.75 Å². The molecular weight excluding hydrogens is 362 g/mol. The summed E-state index contributed by atoms with van der Waals surface area (Å²) in [4.78, 5) is 12.1. The van der Waals surface area contributed by atoms with Gasteiger partial charge in [0.2, 0.25) is 5.91 Å². The Morgan fingerprint density at radius 1 is 1.07 bits per heavy atom. The van der Waals surface area contributed by atoms with Crippen LogP contribution in [-0.4, -0.2) is 33.2 Å². The van der Waals surface area contributed by atoms with Crippen molar-refractivity contribution >= 4 is 15.7 Å². The van der Waals surface area contributed by atoms with Crippen LogP contribution < -0.4 is 10.1 Å². The van der Waals surface area contributed by atoms with Crippen molar-refractivity contribution in [1.82, 2.24) is 5.32 Å². The van der Waals surface area contributed by atoms with Gasteiger partial charge < -0.3 is 10.1 Å². The summed E-state index contributed by atoms with van der Waals surface area (Å²) in [5, 5.41) is 2.75. The van der Waals surface area contributed by atoms with Crippen LogP contribution in [0.5, 0.6) is 5.75 Å². The van der Waals surface area contributed by atoms with Crippen LogP contribution in [0.25, 0.3) is 0 Å². The molecule has 0 aliphatic carbocycles. The van der Waals surface area contributed by atoms with Gasteiger partial charge in [-0.3, -0.25) is 4.79 Å². The average molecular weight is 390 g/mol. The first-order valence-corrected chi connectivity index (χ1v) is 10.7. The zero-order chi connectivity index (χ0) is 19.9. The molecular formula is C21H27NO4S. The number of carbonyl (C=O) groups is 1. The van der Waals surface area contributed by atoms with E-state index in [0.717, 1.165) is 16.9 Å². The van der Waals surface area contributed by atoms with E-state index in [9.17, 15) is 13.2 Å². The van der Waals surface area contributed by atoms with E-state index < -0.39 is 9.84 Å². The summed E-state index contributed by atoms with van der Waals surface area (Å²) in [6.07, 6.45) is 0.609. The molecule has 2 rings (SSSR count). The average Bonchev–Trinajstić information content (AvgIpc) is 2.64. The van der Waals surface area contributed by atoms with Crippen LogP contribution in [-0.2, 0) is 14.6 Å². The minimum Gasteiger partial charge on any atom is -0.493 e. The molecule has 0 bridgehead atoms. The number of carbonyl (C=O) groups excluding carboxylic acids is 1. The SMILES string of the molecule is Cc1cc(C)c(C)c(OCCCNC(=O)CCS(=O)(=O)c2ccccc2)c1. The molecule has 0 aliphatic rings. The third-order valence-corrected chi connectivity index (χ3v) is 6.10. The van der Waals surface area contributed by atoms with Gasteiger partial charge >= 0.3 is 0 Å². The number of nitrogens with one attached hydrogen (secondary N) is 1. The van der Waals surface area contributed by atoms with Gasteiger partial charge in [-0.15, -0.1) is 0 Å². The van der Waals surface area contributed by atoms with E-state index in [1.807, 2.05) is 19.9 Å². The first kappa shape index (κ1) is 21.0. The van der Waals surface area contributed by atoms with Crippen molar-refractivity contribution in [2.45, 2.75) is 38.5 Å². The number of aryl methyl sites for hydroxylation is 2. The molecule has 5 nitrogen and oxygen atoms in total. The van der Waals surface area contributed by atoms with Crippen LogP contribution >= 0.6 is 0 Å². The Bertz CT molecular complexity index is 877. The summed E-state index contributed by atoms with van der Waals surface area (Å²) in [6.45, 7) is 7.06. The zero-order valence-corrected chi connectivity index (χ0v) is 16.9. The van der Waals surface area contributed by atoms with E-state index in [1.54, 1.807) is 30.3 Å². The summed E-state index contributed by atoms with van der Waals surface area (Å²) in [5.41, 5.74) is 3.47. The first-order valence-electron chi connectivity index (χ1n) is 9.05. The highest BCUT2D eigenvalue weighted by atomic mass is 32.2. The normalized spacial score (nSPS) is 11.2. The lowest BCUT2D eigenvalue weighted by Crippen LogP contribution is -2.27. The Hall–Kier alpha value is -2.34. The second-order valence-electron chi connectivity index (χ2n) is 6.64. The predicted octanol–water partition coefficient (Wildman–Crippen LogP) is 3.36. The highest BCUT2D eigenvalue weighted by Gasteiger charge is 2.15. The van der Waals surface area contributed by atoms with Gasteiger partial charge in [-0.05, 0) is 62.1 Å². The molecule has 0 unspecified atom stereocenters. The fraction of sp³-hybridized carbons (Fsp3) is 0.381. The van der Waals surface area contributed by atoms with Crippen LogP contribution in [0.15, 0.2) is 47.4 Å². The number of rotatable bonds is 9. The van der Waals surface area contributed by atoms with E-state index in [1.165, 1.54) is 5.56 Å². The Kier molecular flexibility index (Phi) is 7.42. The van der Waals surface area contributed by atoms with Crippen molar-refractivity contribution in [3.05, 3.63) is 59.2 Å². The molecule has 0 aromatic heterocycles. The smallest absolute Gasteiger partial charge is 0.221 e. The Labute approximate surface area is 161 Å². The Morgan fingerprint density at radius 2 is 1.78 bits per heavy atom. The first-order chi connectivity index (χ1) is 12.8. The molecule has 27 heavy (non-hydrogen) atoms. The number of hydrogen-bond acceptors (Lipinski definition) is 4. The minimum atomic E-state index is -3.43. The quantitative estimate of drug-likeness (QED) is 0.668. The van der Waals surface area contributed by atoms with Crippen LogP contribution in [0, 0.1) is 20.8 Å². The molecule has 0 spiro atoms.